The first kappa shape index (κ1) is 44.9. The zero-order valence-electron chi connectivity index (χ0n) is 33.8. The third-order valence-electron chi connectivity index (χ3n) is 10.2. The number of nitrogens with one attached hydrogen (secondary N) is 7. The van der Waals surface area contributed by atoms with Crippen LogP contribution in [0.25, 0.3) is 10.9 Å². The Balaban J connectivity index is 1.53. The summed E-state index contributed by atoms with van der Waals surface area (Å²) in [6, 6.07) is 9.00. The third kappa shape index (κ3) is 12.2. The summed E-state index contributed by atoms with van der Waals surface area (Å²) in [4.78, 5) is 114. The van der Waals surface area contributed by atoms with Gasteiger partial charge in [0.2, 0.25) is 41.4 Å². The van der Waals surface area contributed by atoms with Gasteiger partial charge >= 0.3 is 0 Å². The van der Waals surface area contributed by atoms with E-state index >= 15 is 0 Å². The number of rotatable bonds is 12. The normalized spacial score (nSPS) is 23.6. The largest absolute Gasteiger partial charge is 0.370 e. The summed E-state index contributed by atoms with van der Waals surface area (Å²) in [5.74, 6) is -5.26. The van der Waals surface area contributed by atoms with Crippen LogP contribution in [-0.4, -0.2) is 112 Å². The lowest BCUT2D eigenvalue weighted by molar-refractivity contribution is -0.140. The summed E-state index contributed by atoms with van der Waals surface area (Å²) in [5.41, 5.74) is 7.56. The molecule has 1 aromatic heterocycles. The molecule has 1 saturated heterocycles. The van der Waals surface area contributed by atoms with Crippen LogP contribution in [0.1, 0.15) is 50.7 Å². The second-order valence-corrected chi connectivity index (χ2v) is 16.3. The van der Waals surface area contributed by atoms with Gasteiger partial charge in [-0.05, 0) is 60.5 Å². The molecule has 1 fully saturated rings. The highest BCUT2D eigenvalue weighted by atomic mass is 32.2. The molecule has 3 heterocycles. The maximum atomic E-state index is 14.4. The first-order chi connectivity index (χ1) is 28.7. The van der Waals surface area contributed by atoms with E-state index in [1.54, 1.807) is 36.5 Å². The monoisotopic (exact) mass is 843 g/mol. The Labute approximate surface area is 352 Å². The molecule has 5 rings (SSSR count). The fourth-order valence-electron chi connectivity index (χ4n) is 7.11. The van der Waals surface area contributed by atoms with Gasteiger partial charge in [-0.1, -0.05) is 62.4 Å². The van der Waals surface area contributed by atoms with E-state index in [-0.39, 0.29) is 44.4 Å². The number of carbonyl (C=O) groups excluding carboxylic acids is 8. The molecule has 320 valence electrons. The van der Waals surface area contributed by atoms with E-state index in [9.17, 15) is 38.4 Å². The van der Waals surface area contributed by atoms with Crippen molar-refractivity contribution < 1.29 is 38.4 Å². The molecule has 2 aliphatic heterocycles. The summed E-state index contributed by atoms with van der Waals surface area (Å²) in [7, 11) is 0. The molecule has 2 unspecified atom stereocenters. The maximum Gasteiger partial charge on any atom is 0.253 e. The van der Waals surface area contributed by atoms with Crippen LogP contribution in [0.3, 0.4) is 0 Å². The lowest BCUT2D eigenvalue weighted by Crippen LogP contribution is -2.59. The van der Waals surface area contributed by atoms with Crippen molar-refractivity contribution in [3.05, 3.63) is 84.2 Å². The van der Waals surface area contributed by atoms with Gasteiger partial charge in [-0.25, -0.2) is 0 Å². The van der Waals surface area contributed by atoms with Crippen molar-refractivity contribution in [1.29, 1.82) is 0 Å². The van der Waals surface area contributed by atoms with Gasteiger partial charge < -0.3 is 47.5 Å². The van der Waals surface area contributed by atoms with Gasteiger partial charge in [0.05, 0.1) is 6.54 Å². The first-order valence-corrected chi connectivity index (χ1v) is 21.3. The van der Waals surface area contributed by atoms with Gasteiger partial charge in [-0.3, -0.25) is 38.4 Å². The number of aromatic amines is 1. The average molecular weight is 844 g/mol. The summed E-state index contributed by atoms with van der Waals surface area (Å²) < 4.78 is 0. The number of aromatic nitrogens is 1. The van der Waals surface area contributed by atoms with Crippen LogP contribution >= 0.6 is 11.8 Å². The van der Waals surface area contributed by atoms with E-state index in [0.717, 1.165) is 10.9 Å². The summed E-state index contributed by atoms with van der Waals surface area (Å²) in [6.45, 7) is 3.17. The predicted octanol–water partition coefficient (Wildman–Crippen LogP) is 0.296. The molecule has 6 atom stereocenters. The van der Waals surface area contributed by atoms with Gasteiger partial charge in [-0.15, -0.1) is 0 Å². The van der Waals surface area contributed by atoms with Crippen LogP contribution in [0.5, 0.6) is 0 Å². The number of para-hydroxylation sites is 1. The Morgan fingerprint density at radius 2 is 1.40 bits per heavy atom. The quantitative estimate of drug-likeness (QED) is 0.125. The number of nitrogens with two attached hydrogens (primary N) is 1. The fraction of sp³-hybridized carbons (Fsp3) is 0.429. The van der Waals surface area contributed by atoms with Crippen LogP contribution in [0, 0.1) is 5.92 Å². The molecule has 0 aliphatic carbocycles. The van der Waals surface area contributed by atoms with E-state index in [1.165, 1.54) is 28.9 Å². The second-order valence-electron chi connectivity index (χ2n) is 15.3. The van der Waals surface area contributed by atoms with Gasteiger partial charge in [0.1, 0.15) is 36.3 Å². The predicted molar refractivity (Wildman–Crippen MR) is 225 cm³/mol. The molecular weight excluding hydrogens is 791 g/mol. The second kappa shape index (κ2) is 21.2. The number of primary amides is 1. The Hall–Kier alpha value is -6.17. The number of hydrogen-bond acceptors (Lipinski definition) is 9. The highest BCUT2D eigenvalue weighted by Gasteiger charge is 2.39. The van der Waals surface area contributed by atoms with Gasteiger partial charge in [0.25, 0.3) is 5.91 Å². The molecule has 18 heteroatoms. The average Bonchev–Trinajstić information content (AvgIpc) is 3.80. The third-order valence-corrected chi connectivity index (χ3v) is 10.9. The summed E-state index contributed by atoms with van der Waals surface area (Å²) >= 11 is 1.44. The van der Waals surface area contributed by atoms with Crippen LogP contribution in [0.15, 0.2) is 73.1 Å². The number of amides is 8. The number of thioether (sulfide) groups is 1. The van der Waals surface area contributed by atoms with Crippen LogP contribution in [0.2, 0.25) is 0 Å². The van der Waals surface area contributed by atoms with Crippen molar-refractivity contribution in [2.75, 3.05) is 18.6 Å². The van der Waals surface area contributed by atoms with E-state index in [0.29, 0.717) is 16.9 Å². The van der Waals surface area contributed by atoms with Crippen LogP contribution in [0.4, 0.5) is 0 Å². The van der Waals surface area contributed by atoms with Gasteiger partial charge in [-0.2, -0.15) is 11.8 Å². The Bertz CT molecular complexity index is 2090. The molecular formula is C42H53N9O8S. The lowest BCUT2D eigenvalue weighted by atomic mass is 10.0. The van der Waals surface area contributed by atoms with Crippen molar-refractivity contribution in [3.8, 4) is 0 Å². The lowest BCUT2D eigenvalue weighted by Gasteiger charge is -2.30. The first-order valence-electron chi connectivity index (χ1n) is 19.9. The molecule has 0 radical (unpaired) electrons. The zero-order valence-corrected chi connectivity index (χ0v) is 34.6. The summed E-state index contributed by atoms with van der Waals surface area (Å²) in [6.07, 6.45) is 6.27. The fourth-order valence-corrected chi connectivity index (χ4v) is 7.58. The van der Waals surface area contributed by atoms with Gasteiger partial charge in [0.15, 0.2) is 0 Å². The SMILES string of the molecule is CSCC[C@@H]1NC(=O)[C@@H](CC(C)C)N2C=CC(NC(=O)[C@@H](Cc3ccccc3)NC(=O)C(Cc3c[nH]c4ccccc34)NC(=O)[C@@H](CCC(N)=O)NC(=O)CNC1=O)C2=O. The molecule has 2 aromatic carbocycles. The number of carbonyl (C=O) groups is 8. The molecule has 0 spiro atoms. The van der Waals surface area contributed by atoms with E-state index < -0.39 is 90.1 Å². The van der Waals surface area contributed by atoms with E-state index in [1.807, 2.05) is 44.4 Å². The number of fused-ring (bicyclic) bond motifs is 3. The minimum absolute atomic E-state index is 0.00857. The molecule has 2 bridgehead atoms. The van der Waals surface area contributed by atoms with Gasteiger partial charge in [0, 0.05) is 42.6 Å². The van der Waals surface area contributed by atoms with Crippen molar-refractivity contribution in [2.24, 2.45) is 11.7 Å². The number of benzene rings is 2. The molecule has 60 heavy (non-hydrogen) atoms. The van der Waals surface area contributed by atoms with Crippen molar-refractivity contribution in [2.45, 2.75) is 88.6 Å². The minimum atomic E-state index is -1.37. The smallest absolute Gasteiger partial charge is 0.253 e. The molecule has 17 nitrogen and oxygen atoms in total. The maximum absolute atomic E-state index is 14.4. The van der Waals surface area contributed by atoms with E-state index in [2.05, 4.69) is 36.9 Å². The molecule has 0 saturated carbocycles. The highest BCUT2D eigenvalue weighted by molar-refractivity contribution is 7.98. The van der Waals surface area contributed by atoms with Crippen LogP contribution < -0.4 is 37.6 Å². The molecule has 3 aromatic rings. The Morgan fingerprint density at radius 3 is 2.10 bits per heavy atom. The van der Waals surface area contributed by atoms with Crippen molar-refractivity contribution >= 4 is 69.9 Å². The summed E-state index contributed by atoms with van der Waals surface area (Å²) in [5, 5.41) is 16.9. The van der Waals surface area contributed by atoms with Crippen LogP contribution in [-0.2, 0) is 51.2 Å². The standard InChI is InChI=1S/C42H53N9O8S/c1-24(2)19-34-41(58)47-30(16-18-60-3)37(54)45-23-36(53)46-29(13-14-35(43)52)38(55)50-33(21-26-22-44-28-12-8-7-11-27(26)28)40(57)49-32(20-25-9-5-4-6-10-25)39(56)48-31-15-17-51(34)42(31)59/h4-12,15,17,22,24,29-34,44H,13-14,16,18-21,23H2,1-3H3,(H2,43,52)(H,45,54)(H,46,53)(H,47,58)(H,48,56)(H,49,57)(H,50,55)/t29-,30+,31?,32-,33?,34-/m1/s1. The highest BCUT2D eigenvalue weighted by Crippen LogP contribution is 2.21. The molecule has 8 amide bonds. The number of H-pyrrole nitrogens is 1. The number of nitrogens with zero attached hydrogens (tertiary/aromatic N) is 1. The minimum Gasteiger partial charge on any atom is -0.370 e. The zero-order chi connectivity index (χ0) is 43.3. The Kier molecular flexibility index (Phi) is 15.9. The van der Waals surface area contributed by atoms with Crippen molar-refractivity contribution in [3.63, 3.8) is 0 Å². The van der Waals surface area contributed by atoms with Crippen molar-refractivity contribution in [1.82, 2.24) is 41.8 Å². The molecule has 2 aliphatic rings. The topological polar surface area (TPSA) is 254 Å². The number of hydrogen-bond donors (Lipinski definition) is 8. The Morgan fingerprint density at radius 1 is 0.767 bits per heavy atom. The van der Waals surface area contributed by atoms with E-state index in [4.69, 9.17) is 5.73 Å². The molecule has 9 N–H and O–H groups in total.